The predicted octanol–water partition coefficient (Wildman–Crippen LogP) is 2.11. The normalized spacial score (nSPS) is 22.0. The lowest BCUT2D eigenvalue weighted by Crippen LogP contribution is -2.41. The van der Waals surface area contributed by atoms with Gasteiger partial charge in [0.15, 0.2) is 5.75 Å². The number of nitrogens with one attached hydrogen (secondary N) is 1. The van der Waals surface area contributed by atoms with Crippen molar-refractivity contribution in [1.82, 2.24) is 5.32 Å². The van der Waals surface area contributed by atoms with Crippen molar-refractivity contribution in [1.29, 1.82) is 0 Å². The highest BCUT2D eigenvalue weighted by molar-refractivity contribution is 5.45. The zero-order valence-corrected chi connectivity index (χ0v) is 12.0. The highest BCUT2D eigenvalue weighted by atomic mass is 16.6. The van der Waals surface area contributed by atoms with Gasteiger partial charge in [-0.2, -0.15) is 0 Å². The standard InChI is InChI=1S/C15H22N2O4/c18-11-12-5-1-2-6-13(12)16-9-10-21-15-8-4-3-7-14(15)17(19)20/h3-4,7-8,12-13,16,18H,1-2,5-6,9-11H2. The van der Waals surface area contributed by atoms with E-state index >= 15 is 0 Å². The summed E-state index contributed by atoms with van der Waals surface area (Å²) in [5, 5.41) is 23.6. The second-order valence-electron chi connectivity index (χ2n) is 5.36. The van der Waals surface area contributed by atoms with Gasteiger partial charge in [0.25, 0.3) is 0 Å². The average molecular weight is 294 g/mol. The third-order valence-corrected chi connectivity index (χ3v) is 3.97. The molecule has 0 spiro atoms. The zero-order valence-electron chi connectivity index (χ0n) is 12.0. The number of nitrogens with zero attached hydrogens (tertiary/aromatic N) is 1. The molecule has 2 rings (SSSR count). The number of nitro groups is 1. The van der Waals surface area contributed by atoms with Crippen molar-refractivity contribution < 1.29 is 14.8 Å². The third-order valence-electron chi connectivity index (χ3n) is 3.97. The maximum absolute atomic E-state index is 10.9. The van der Waals surface area contributed by atoms with Crippen LogP contribution in [-0.2, 0) is 0 Å². The molecule has 0 aromatic heterocycles. The van der Waals surface area contributed by atoms with E-state index in [1.54, 1.807) is 18.2 Å². The molecule has 0 heterocycles. The fraction of sp³-hybridized carbons (Fsp3) is 0.600. The third kappa shape index (κ3) is 4.41. The Bertz CT molecular complexity index is 467. The van der Waals surface area contributed by atoms with Gasteiger partial charge >= 0.3 is 5.69 Å². The molecule has 1 aliphatic rings. The minimum atomic E-state index is -0.439. The first kappa shape index (κ1) is 15.7. The number of rotatable bonds is 7. The van der Waals surface area contributed by atoms with Crippen LogP contribution in [0.1, 0.15) is 25.7 Å². The summed E-state index contributed by atoms with van der Waals surface area (Å²) in [5.41, 5.74) is -0.0107. The van der Waals surface area contributed by atoms with Crippen LogP contribution in [0.25, 0.3) is 0 Å². The van der Waals surface area contributed by atoms with Crippen LogP contribution in [0.5, 0.6) is 5.75 Å². The summed E-state index contributed by atoms with van der Waals surface area (Å²) >= 11 is 0. The highest BCUT2D eigenvalue weighted by Gasteiger charge is 2.23. The molecule has 21 heavy (non-hydrogen) atoms. The number of hydrogen-bond acceptors (Lipinski definition) is 5. The first-order valence-corrected chi connectivity index (χ1v) is 7.43. The monoisotopic (exact) mass is 294 g/mol. The molecule has 1 aliphatic carbocycles. The van der Waals surface area contributed by atoms with E-state index in [-0.39, 0.29) is 12.3 Å². The van der Waals surface area contributed by atoms with Crippen molar-refractivity contribution in [3.63, 3.8) is 0 Å². The van der Waals surface area contributed by atoms with Crippen LogP contribution in [0.3, 0.4) is 0 Å². The molecule has 2 N–H and O–H groups in total. The molecule has 0 radical (unpaired) electrons. The molecule has 0 saturated heterocycles. The van der Waals surface area contributed by atoms with E-state index < -0.39 is 4.92 Å². The zero-order chi connectivity index (χ0) is 15.1. The Hall–Kier alpha value is -1.66. The van der Waals surface area contributed by atoms with Crippen LogP contribution in [0.4, 0.5) is 5.69 Å². The number of aliphatic hydroxyl groups is 1. The summed E-state index contributed by atoms with van der Waals surface area (Å²) in [4.78, 5) is 10.4. The smallest absolute Gasteiger partial charge is 0.310 e. The fourth-order valence-electron chi connectivity index (χ4n) is 2.83. The fourth-order valence-corrected chi connectivity index (χ4v) is 2.83. The topological polar surface area (TPSA) is 84.6 Å². The van der Waals surface area contributed by atoms with E-state index in [4.69, 9.17) is 4.74 Å². The maximum Gasteiger partial charge on any atom is 0.310 e. The Labute approximate surface area is 124 Å². The van der Waals surface area contributed by atoms with Crippen LogP contribution < -0.4 is 10.1 Å². The lowest BCUT2D eigenvalue weighted by atomic mass is 9.85. The number of hydrogen-bond donors (Lipinski definition) is 2. The van der Waals surface area contributed by atoms with Crippen LogP contribution >= 0.6 is 0 Å². The molecule has 1 fully saturated rings. The van der Waals surface area contributed by atoms with Gasteiger partial charge in [-0.3, -0.25) is 10.1 Å². The van der Waals surface area contributed by atoms with Gasteiger partial charge in [-0.1, -0.05) is 25.0 Å². The van der Waals surface area contributed by atoms with Gasteiger partial charge in [-0.15, -0.1) is 0 Å². The van der Waals surface area contributed by atoms with Crippen molar-refractivity contribution >= 4 is 5.69 Å². The van der Waals surface area contributed by atoms with E-state index in [0.29, 0.717) is 30.9 Å². The second kappa shape index (κ2) is 7.95. The molecule has 2 atom stereocenters. The lowest BCUT2D eigenvalue weighted by molar-refractivity contribution is -0.385. The van der Waals surface area contributed by atoms with Crippen molar-refractivity contribution in [2.75, 3.05) is 19.8 Å². The molecule has 0 amide bonds. The van der Waals surface area contributed by atoms with Crippen molar-refractivity contribution in [3.8, 4) is 5.75 Å². The van der Waals surface area contributed by atoms with Crippen LogP contribution in [0.15, 0.2) is 24.3 Å². The average Bonchev–Trinajstić information content (AvgIpc) is 2.52. The quantitative estimate of drug-likeness (QED) is 0.457. The largest absolute Gasteiger partial charge is 0.485 e. The summed E-state index contributed by atoms with van der Waals surface area (Å²) in [6.07, 6.45) is 4.48. The summed E-state index contributed by atoms with van der Waals surface area (Å²) in [7, 11) is 0. The van der Waals surface area contributed by atoms with Crippen molar-refractivity contribution in [3.05, 3.63) is 34.4 Å². The molecule has 0 bridgehead atoms. The van der Waals surface area contributed by atoms with E-state index in [2.05, 4.69) is 5.32 Å². The minimum Gasteiger partial charge on any atom is -0.485 e. The van der Waals surface area contributed by atoms with Gasteiger partial charge in [0.2, 0.25) is 0 Å². The summed E-state index contributed by atoms with van der Waals surface area (Å²) in [5.74, 6) is 0.608. The Morgan fingerprint density at radius 1 is 1.33 bits per heavy atom. The molecule has 1 aromatic rings. The molecular weight excluding hydrogens is 272 g/mol. The van der Waals surface area contributed by atoms with E-state index in [1.165, 1.54) is 18.9 Å². The van der Waals surface area contributed by atoms with Gasteiger partial charge < -0.3 is 15.2 Å². The van der Waals surface area contributed by atoms with Gasteiger partial charge in [0, 0.05) is 25.3 Å². The molecule has 116 valence electrons. The maximum atomic E-state index is 10.9. The Kier molecular flexibility index (Phi) is 5.95. The van der Waals surface area contributed by atoms with Gasteiger partial charge in [-0.05, 0) is 24.8 Å². The highest BCUT2D eigenvalue weighted by Crippen LogP contribution is 2.26. The van der Waals surface area contributed by atoms with Crippen LogP contribution in [0.2, 0.25) is 0 Å². The van der Waals surface area contributed by atoms with Crippen LogP contribution in [-0.4, -0.2) is 35.8 Å². The Morgan fingerprint density at radius 3 is 2.86 bits per heavy atom. The number of benzene rings is 1. The lowest BCUT2D eigenvalue weighted by Gasteiger charge is -2.31. The summed E-state index contributed by atoms with van der Waals surface area (Å²) < 4.78 is 5.49. The van der Waals surface area contributed by atoms with E-state index in [1.807, 2.05) is 0 Å². The van der Waals surface area contributed by atoms with E-state index in [0.717, 1.165) is 12.8 Å². The minimum absolute atomic E-state index is 0.0107. The molecule has 6 heteroatoms. The first-order valence-electron chi connectivity index (χ1n) is 7.43. The molecule has 6 nitrogen and oxygen atoms in total. The number of aliphatic hydroxyl groups excluding tert-OH is 1. The SMILES string of the molecule is O=[N+]([O-])c1ccccc1OCCNC1CCCCC1CO. The molecule has 1 aromatic carbocycles. The molecule has 0 aliphatic heterocycles. The van der Waals surface area contributed by atoms with Gasteiger partial charge in [-0.25, -0.2) is 0 Å². The number of para-hydroxylation sites is 2. The first-order chi connectivity index (χ1) is 10.2. The Balaban J connectivity index is 1.78. The van der Waals surface area contributed by atoms with Crippen molar-refractivity contribution in [2.45, 2.75) is 31.7 Å². The molecule has 1 saturated carbocycles. The predicted molar refractivity (Wildman–Crippen MR) is 79.4 cm³/mol. The summed E-state index contributed by atoms with van der Waals surface area (Å²) in [6, 6.07) is 6.70. The van der Waals surface area contributed by atoms with Crippen molar-refractivity contribution in [2.24, 2.45) is 5.92 Å². The van der Waals surface area contributed by atoms with Gasteiger partial charge in [0.1, 0.15) is 6.61 Å². The van der Waals surface area contributed by atoms with E-state index in [9.17, 15) is 15.2 Å². The Morgan fingerprint density at radius 2 is 2.10 bits per heavy atom. The second-order valence-corrected chi connectivity index (χ2v) is 5.36. The summed E-state index contributed by atoms with van der Waals surface area (Å²) in [6.45, 7) is 1.20. The van der Waals surface area contributed by atoms with Crippen LogP contribution in [0, 0.1) is 16.0 Å². The number of ether oxygens (including phenoxy) is 1. The van der Waals surface area contributed by atoms with Gasteiger partial charge in [0.05, 0.1) is 4.92 Å². The molecule has 2 unspecified atom stereocenters. The molecular formula is C15H22N2O4. The number of nitro benzene ring substituents is 1.